The Hall–Kier alpha value is -3.20. The molecule has 0 saturated heterocycles. The van der Waals surface area contributed by atoms with Gasteiger partial charge in [-0.2, -0.15) is 4.98 Å². The number of benzene rings is 1. The van der Waals surface area contributed by atoms with Crippen LogP contribution >= 0.6 is 11.8 Å². The first kappa shape index (κ1) is 18.8. The van der Waals surface area contributed by atoms with Crippen LogP contribution < -0.4 is 4.74 Å². The summed E-state index contributed by atoms with van der Waals surface area (Å²) in [6, 6.07) is 11.9. The number of ether oxygens (including phenoxy) is 1. The molecule has 9 heteroatoms. The molecular weight excluding hydrogens is 400 g/mol. The van der Waals surface area contributed by atoms with Crippen molar-refractivity contribution in [3.8, 4) is 28.6 Å². The molecule has 1 aliphatic rings. The summed E-state index contributed by atoms with van der Waals surface area (Å²) in [6.45, 7) is 2.04. The fourth-order valence-corrected chi connectivity index (χ4v) is 4.16. The molecule has 0 aliphatic heterocycles. The van der Waals surface area contributed by atoms with E-state index < -0.39 is 0 Å². The van der Waals surface area contributed by atoms with E-state index in [1.807, 2.05) is 43.3 Å². The van der Waals surface area contributed by atoms with Crippen molar-refractivity contribution < 1.29 is 9.26 Å². The van der Waals surface area contributed by atoms with Gasteiger partial charge in [-0.1, -0.05) is 23.0 Å². The summed E-state index contributed by atoms with van der Waals surface area (Å²) in [5, 5.41) is 13.9. The van der Waals surface area contributed by atoms with Crippen molar-refractivity contribution in [2.24, 2.45) is 0 Å². The molecule has 1 aromatic carbocycles. The van der Waals surface area contributed by atoms with Gasteiger partial charge < -0.3 is 9.26 Å². The Morgan fingerprint density at radius 3 is 2.73 bits per heavy atom. The Labute approximate surface area is 177 Å². The fourth-order valence-electron chi connectivity index (χ4n) is 3.20. The summed E-state index contributed by atoms with van der Waals surface area (Å²) in [6.07, 6.45) is 5.83. The third kappa shape index (κ3) is 3.68. The standard InChI is InChI=1S/C21H20N6O2S/c1-13(18-23-20(29-26-18)15-4-3-5-17(12-15)28-2)30-21-25-24-19(27(21)16-6-7-16)14-8-10-22-11-9-14/h3-5,8-13,16H,6-7H2,1-2H3. The SMILES string of the molecule is COc1cccc(-c2nc(C(C)Sc3nnc(-c4ccncc4)n3C3CC3)no2)c1. The quantitative estimate of drug-likeness (QED) is 0.401. The fraction of sp³-hybridized carbons (Fsp3) is 0.286. The molecule has 1 aliphatic carbocycles. The lowest BCUT2D eigenvalue weighted by Crippen LogP contribution is -2.01. The van der Waals surface area contributed by atoms with Crippen LogP contribution in [0, 0.1) is 0 Å². The first-order chi connectivity index (χ1) is 14.7. The summed E-state index contributed by atoms with van der Waals surface area (Å²) in [7, 11) is 1.63. The Bertz CT molecular complexity index is 1160. The van der Waals surface area contributed by atoms with Gasteiger partial charge >= 0.3 is 0 Å². The third-order valence-electron chi connectivity index (χ3n) is 4.92. The van der Waals surface area contributed by atoms with Crippen LogP contribution in [0.4, 0.5) is 0 Å². The van der Waals surface area contributed by atoms with Crippen LogP contribution in [0.5, 0.6) is 5.75 Å². The maximum absolute atomic E-state index is 5.49. The van der Waals surface area contributed by atoms with Crippen molar-refractivity contribution >= 4 is 11.8 Å². The first-order valence-corrected chi connectivity index (χ1v) is 10.6. The monoisotopic (exact) mass is 420 g/mol. The van der Waals surface area contributed by atoms with E-state index >= 15 is 0 Å². The average molecular weight is 420 g/mol. The van der Waals surface area contributed by atoms with Crippen LogP contribution in [0.1, 0.15) is 36.9 Å². The summed E-state index contributed by atoms with van der Waals surface area (Å²) in [5.41, 5.74) is 1.84. The van der Waals surface area contributed by atoms with E-state index in [2.05, 4.69) is 29.9 Å². The molecule has 1 unspecified atom stereocenters. The van der Waals surface area contributed by atoms with Crippen molar-refractivity contribution in [2.45, 2.75) is 36.2 Å². The van der Waals surface area contributed by atoms with Gasteiger partial charge in [-0.15, -0.1) is 10.2 Å². The lowest BCUT2D eigenvalue weighted by atomic mass is 10.2. The highest BCUT2D eigenvalue weighted by Gasteiger charge is 2.31. The smallest absolute Gasteiger partial charge is 0.258 e. The van der Waals surface area contributed by atoms with Gasteiger partial charge in [-0.3, -0.25) is 9.55 Å². The van der Waals surface area contributed by atoms with Gasteiger partial charge in [0.2, 0.25) is 0 Å². The molecule has 1 fully saturated rings. The number of thioether (sulfide) groups is 1. The minimum Gasteiger partial charge on any atom is -0.497 e. The van der Waals surface area contributed by atoms with E-state index in [1.165, 1.54) is 0 Å². The highest BCUT2D eigenvalue weighted by Crippen LogP contribution is 2.43. The Kier molecular flexibility index (Phi) is 4.96. The summed E-state index contributed by atoms with van der Waals surface area (Å²) < 4.78 is 13.0. The second-order valence-electron chi connectivity index (χ2n) is 7.09. The maximum atomic E-state index is 5.49. The molecule has 152 valence electrons. The molecule has 0 N–H and O–H groups in total. The van der Waals surface area contributed by atoms with Crippen LogP contribution in [0.3, 0.4) is 0 Å². The van der Waals surface area contributed by atoms with Crippen LogP contribution in [-0.4, -0.2) is 37.0 Å². The predicted octanol–water partition coefficient (Wildman–Crippen LogP) is 4.59. The van der Waals surface area contributed by atoms with Crippen molar-refractivity contribution in [1.82, 2.24) is 29.9 Å². The highest BCUT2D eigenvalue weighted by atomic mass is 32.2. The number of methoxy groups -OCH3 is 1. The number of hydrogen-bond donors (Lipinski definition) is 0. The summed E-state index contributed by atoms with van der Waals surface area (Å²) in [4.78, 5) is 8.68. The lowest BCUT2D eigenvalue weighted by molar-refractivity contribution is 0.412. The number of nitrogens with zero attached hydrogens (tertiary/aromatic N) is 6. The predicted molar refractivity (Wildman–Crippen MR) is 112 cm³/mol. The van der Waals surface area contributed by atoms with Gasteiger partial charge in [0.05, 0.1) is 12.4 Å². The summed E-state index contributed by atoms with van der Waals surface area (Å²) in [5.74, 6) is 2.71. The second-order valence-corrected chi connectivity index (χ2v) is 8.40. The third-order valence-corrected chi connectivity index (χ3v) is 5.97. The molecule has 5 rings (SSSR count). The molecular formula is C21H20N6O2S. The Morgan fingerprint density at radius 1 is 1.13 bits per heavy atom. The minimum atomic E-state index is -0.0416. The number of hydrogen-bond acceptors (Lipinski definition) is 8. The molecule has 1 saturated carbocycles. The van der Waals surface area contributed by atoms with E-state index in [9.17, 15) is 0 Å². The maximum Gasteiger partial charge on any atom is 0.258 e. The molecule has 3 aromatic heterocycles. The van der Waals surface area contributed by atoms with Gasteiger partial charge in [0.1, 0.15) is 5.75 Å². The molecule has 1 atom stereocenters. The zero-order valence-electron chi connectivity index (χ0n) is 16.6. The normalized spacial score (nSPS) is 14.6. The van der Waals surface area contributed by atoms with E-state index in [0.717, 1.165) is 40.7 Å². The van der Waals surface area contributed by atoms with E-state index in [0.29, 0.717) is 17.8 Å². The Morgan fingerprint density at radius 2 is 1.97 bits per heavy atom. The number of aromatic nitrogens is 6. The minimum absolute atomic E-state index is 0.0416. The van der Waals surface area contributed by atoms with Gasteiger partial charge in [-0.05, 0) is 50.1 Å². The molecule has 3 heterocycles. The van der Waals surface area contributed by atoms with Gasteiger partial charge in [0, 0.05) is 29.6 Å². The average Bonchev–Trinajstić information content (AvgIpc) is 3.34. The largest absolute Gasteiger partial charge is 0.497 e. The molecule has 0 radical (unpaired) electrons. The second kappa shape index (κ2) is 7.91. The van der Waals surface area contributed by atoms with E-state index in [-0.39, 0.29) is 5.25 Å². The number of pyridine rings is 1. The van der Waals surface area contributed by atoms with E-state index in [1.54, 1.807) is 31.3 Å². The molecule has 0 amide bonds. The highest BCUT2D eigenvalue weighted by molar-refractivity contribution is 7.99. The zero-order valence-corrected chi connectivity index (χ0v) is 17.4. The van der Waals surface area contributed by atoms with Gasteiger partial charge in [0.15, 0.2) is 16.8 Å². The van der Waals surface area contributed by atoms with Crippen molar-refractivity contribution in [3.05, 3.63) is 54.6 Å². The zero-order chi connectivity index (χ0) is 20.5. The van der Waals surface area contributed by atoms with Gasteiger partial charge in [0.25, 0.3) is 5.89 Å². The van der Waals surface area contributed by atoms with Crippen LogP contribution in [0.25, 0.3) is 22.8 Å². The molecule has 8 nitrogen and oxygen atoms in total. The van der Waals surface area contributed by atoms with Crippen LogP contribution in [0.2, 0.25) is 0 Å². The van der Waals surface area contributed by atoms with Crippen molar-refractivity contribution in [1.29, 1.82) is 0 Å². The topological polar surface area (TPSA) is 91.8 Å². The molecule has 4 aromatic rings. The Balaban J connectivity index is 1.39. The van der Waals surface area contributed by atoms with E-state index in [4.69, 9.17) is 9.26 Å². The number of rotatable bonds is 7. The van der Waals surface area contributed by atoms with Crippen LogP contribution in [-0.2, 0) is 0 Å². The molecule has 30 heavy (non-hydrogen) atoms. The van der Waals surface area contributed by atoms with Gasteiger partial charge in [-0.25, -0.2) is 0 Å². The summed E-state index contributed by atoms with van der Waals surface area (Å²) >= 11 is 1.59. The van der Waals surface area contributed by atoms with Crippen LogP contribution in [0.15, 0.2) is 58.5 Å². The van der Waals surface area contributed by atoms with Crippen molar-refractivity contribution in [3.63, 3.8) is 0 Å². The lowest BCUT2D eigenvalue weighted by Gasteiger charge is -2.10. The van der Waals surface area contributed by atoms with Crippen molar-refractivity contribution in [2.75, 3.05) is 7.11 Å². The first-order valence-electron chi connectivity index (χ1n) is 9.73. The molecule has 0 bridgehead atoms. The molecule has 0 spiro atoms.